The molecule has 4 nitrogen and oxygen atoms in total. The molecule has 0 N–H and O–H groups in total. The van der Waals surface area contributed by atoms with E-state index in [0.717, 1.165) is 25.9 Å². The Hall–Kier alpha value is -2.36. The van der Waals surface area contributed by atoms with Gasteiger partial charge in [0.2, 0.25) is 0 Å². The predicted octanol–water partition coefficient (Wildman–Crippen LogP) is 2.09. The minimum absolute atomic E-state index is 0.0456. The van der Waals surface area contributed by atoms with E-state index in [0.29, 0.717) is 11.6 Å². The molecule has 0 saturated carbocycles. The van der Waals surface area contributed by atoms with Crippen LogP contribution in [-0.4, -0.2) is 28.5 Å². The van der Waals surface area contributed by atoms with Crippen molar-refractivity contribution in [1.82, 2.24) is 9.47 Å². The molecule has 1 aromatic carbocycles. The van der Waals surface area contributed by atoms with Crippen LogP contribution in [0.3, 0.4) is 0 Å². The third kappa shape index (κ3) is 2.96. The van der Waals surface area contributed by atoms with Gasteiger partial charge in [-0.3, -0.25) is 9.59 Å². The Labute approximate surface area is 130 Å². The van der Waals surface area contributed by atoms with Crippen LogP contribution in [0.5, 0.6) is 0 Å². The number of hydrogen-bond acceptors (Lipinski definition) is 2. The molecule has 1 unspecified atom stereocenters. The summed E-state index contributed by atoms with van der Waals surface area (Å²) in [6.45, 7) is 1.52. The van der Waals surface area contributed by atoms with E-state index in [1.54, 1.807) is 19.2 Å². The van der Waals surface area contributed by atoms with E-state index in [9.17, 15) is 9.59 Å². The van der Waals surface area contributed by atoms with Gasteiger partial charge in [-0.2, -0.15) is 0 Å². The first-order chi connectivity index (χ1) is 10.6. The van der Waals surface area contributed by atoms with Crippen molar-refractivity contribution in [2.75, 3.05) is 13.1 Å². The number of hydrogen-bond donors (Lipinski definition) is 0. The van der Waals surface area contributed by atoms with E-state index in [1.165, 1.54) is 16.2 Å². The normalized spacial score (nSPS) is 17.7. The van der Waals surface area contributed by atoms with E-state index < -0.39 is 0 Å². The first-order valence-corrected chi connectivity index (χ1v) is 7.64. The Kier molecular flexibility index (Phi) is 4.09. The molecule has 0 bridgehead atoms. The summed E-state index contributed by atoms with van der Waals surface area (Å²) in [7, 11) is 1.65. The van der Waals surface area contributed by atoms with Crippen molar-refractivity contribution in [3.8, 4) is 0 Å². The smallest absolute Gasteiger partial charge is 0.270 e. The maximum atomic E-state index is 12.6. The molecular formula is C18H20N2O2. The minimum atomic E-state index is -0.147. The lowest BCUT2D eigenvalue weighted by molar-refractivity contribution is 0.0776. The summed E-state index contributed by atoms with van der Waals surface area (Å²) in [4.78, 5) is 26.1. The predicted molar refractivity (Wildman–Crippen MR) is 85.8 cm³/mol. The summed E-state index contributed by atoms with van der Waals surface area (Å²) in [6, 6.07) is 15.2. The molecule has 1 aromatic heterocycles. The molecule has 2 aromatic rings. The molecule has 1 amide bonds. The highest BCUT2D eigenvalue weighted by Crippen LogP contribution is 2.22. The highest BCUT2D eigenvalue weighted by Gasteiger charge is 2.28. The molecule has 1 saturated heterocycles. The molecule has 4 heteroatoms. The summed E-state index contributed by atoms with van der Waals surface area (Å²) in [6.07, 6.45) is 2.01. The molecule has 22 heavy (non-hydrogen) atoms. The van der Waals surface area contributed by atoms with E-state index in [2.05, 4.69) is 12.1 Å². The van der Waals surface area contributed by atoms with Crippen LogP contribution in [0.4, 0.5) is 0 Å². The molecule has 0 radical (unpaired) electrons. The zero-order chi connectivity index (χ0) is 15.5. The maximum absolute atomic E-state index is 12.6. The number of amides is 1. The van der Waals surface area contributed by atoms with Gasteiger partial charge in [0, 0.05) is 26.2 Å². The number of nitrogens with zero attached hydrogens (tertiary/aromatic N) is 2. The minimum Gasteiger partial charge on any atom is -0.337 e. The molecule has 2 heterocycles. The van der Waals surface area contributed by atoms with Crippen LogP contribution in [-0.2, 0) is 13.5 Å². The lowest BCUT2D eigenvalue weighted by atomic mass is 9.99. The van der Waals surface area contributed by atoms with Gasteiger partial charge in [-0.05, 0) is 30.4 Å². The summed E-state index contributed by atoms with van der Waals surface area (Å²) >= 11 is 0. The van der Waals surface area contributed by atoms with Crippen molar-refractivity contribution >= 4 is 5.91 Å². The molecule has 1 atom stereocenters. The quantitative estimate of drug-likeness (QED) is 0.870. The summed E-state index contributed by atoms with van der Waals surface area (Å²) in [5.41, 5.74) is 1.63. The van der Waals surface area contributed by atoms with Crippen molar-refractivity contribution < 1.29 is 4.79 Å². The van der Waals surface area contributed by atoms with Gasteiger partial charge in [0.1, 0.15) is 5.69 Å². The van der Waals surface area contributed by atoms with Gasteiger partial charge in [0.05, 0.1) is 0 Å². The Bertz CT molecular complexity index is 721. The molecule has 3 rings (SSSR count). The van der Waals surface area contributed by atoms with Crippen LogP contribution in [0, 0.1) is 5.92 Å². The van der Waals surface area contributed by atoms with Gasteiger partial charge in [0.15, 0.2) is 0 Å². The zero-order valence-electron chi connectivity index (χ0n) is 12.7. The van der Waals surface area contributed by atoms with Gasteiger partial charge in [-0.15, -0.1) is 0 Å². The Morgan fingerprint density at radius 3 is 2.68 bits per heavy atom. The monoisotopic (exact) mass is 296 g/mol. The van der Waals surface area contributed by atoms with E-state index >= 15 is 0 Å². The SMILES string of the molecule is Cn1c(C(=O)N2CCC(Cc3ccccc3)C2)cccc1=O. The first-order valence-electron chi connectivity index (χ1n) is 7.64. The zero-order valence-corrected chi connectivity index (χ0v) is 12.7. The highest BCUT2D eigenvalue weighted by molar-refractivity contribution is 5.92. The molecular weight excluding hydrogens is 276 g/mol. The first kappa shape index (κ1) is 14.6. The fourth-order valence-electron chi connectivity index (χ4n) is 3.07. The molecule has 1 aliphatic rings. The topological polar surface area (TPSA) is 42.3 Å². The third-order valence-corrected chi connectivity index (χ3v) is 4.34. The number of carbonyl (C=O) groups excluding carboxylic acids is 1. The van der Waals surface area contributed by atoms with Crippen molar-refractivity contribution in [3.05, 3.63) is 70.1 Å². The standard InChI is InChI=1S/C18H20N2O2/c1-19-16(8-5-9-17(19)21)18(22)20-11-10-15(13-20)12-14-6-3-2-4-7-14/h2-9,15H,10-13H2,1H3. The number of carbonyl (C=O) groups is 1. The lowest BCUT2D eigenvalue weighted by Gasteiger charge is -2.18. The second-order valence-corrected chi connectivity index (χ2v) is 5.90. The van der Waals surface area contributed by atoms with Gasteiger partial charge in [-0.1, -0.05) is 36.4 Å². The molecule has 1 aliphatic heterocycles. The largest absolute Gasteiger partial charge is 0.337 e. The van der Waals surface area contributed by atoms with E-state index in [4.69, 9.17) is 0 Å². The van der Waals surface area contributed by atoms with Crippen molar-refractivity contribution in [2.24, 2.45) is 13.0 Å². The fourth-order valence-corrected chi connectivity index (χ4v) is 3.07. The lowest BCUT2D eigenvalue weighted by Crippen LogP contribution is -2.33. The summed E-state index contributed by atoms with van der Waals surface area (Å²) in [5, 5.41) is 0. The van der Waals surface area contributed by atoms with Crippen molar-refractivity contribution in [1.29, 1.82) is 0 Å². The van der Waals surface area contributed by atoms with Gasteiger partial charge in [0.25, 0.3) is 11.5 Å². The molecule has 0 spiro atoms. The molecule has 1 fully saturated rings. The number of pyridine rings is 1. The van der Waals surface area contributed by atoms with Crippen LogP contribution in [0.2, 0.25) is 0 Å². The average Bonchev–Trinajstić information content (AvgIpc) is 2.99. The Morgan fingerprint density at radius 1 is 1.14 bits per heavy atom. The number of aromatic nitrogens is 1. The van der Waals surface area contributed by atoms with Crippen molar-refractivity contribution in [2.45, 2.75) is 12.8 Å². The second kappa shape index (κ2) is 6.18. The maximum Gasteiger partial charge on any atom is 0.270 e. The van der Waals surface area contributed by atoms with E-state index in [-0.39, 0.29) is 11.5 Å². The fraction of sp³-hybridized carbons (Fsp3) is 0.333. The van der Waals surface area contributed by atoms with Crippen LogP contribution in [0.1, 0.15) is 22.5 Å². The van der Waals surface area contributed by atoms with Crippen LogP contribution >= 0.6 is 0 Å². The van der Waals surface area contributed by atoms with Crippen LogP contribution in [0.15, 0.2) is 53.3 Å². The molecule has 114 valence electrons. The van der Waals surface area contributed by atoms with Crippen LogP contribution < -0.4 is 5.56 Å². The molecule has 0 aliphatic carbocycles. The van der Waals surface area contributed by atoms with Gasteiger partial charge in [-0.25, -0.2) is 0 Å². The number of likely N-dealkylation sites (tertiary alicyclic amines) is 1. The second-order valence-electron chi connectivity index (χ2n) is 5.90. The van der Waals surface area contributed by atoms with Crippen LogP contribution in [0.25, 0.3) is 0 Å². The average molecular weight is 296 g/mol. The number of rotatable bonds is 3. The Balaban J connectivity index is 1.68. The Morgan fingerprint density at radius 2 is 1.91 bits per heavy atom. The highest BCUT2D eigenvalue weighted by atomic mass is 16.2. The summed E-state index contributed by atoms with van der Waals surface area (Å²) < 4.78 is 1.42. The third-order valence-electron chi connectivity index (χ3n) is 4.34. The number of benzene rings is 1. The summed E-state index contributed by atoms with van der Waals surface area (Å²) in [5.74, 6) is 0.447. The van der Waals surface area contributed by atoms with Gasteiger partial charge < -0.3 is 9.47 Å². The van der Waals surface area contributed by atoms with E-state index in [1.807, 2.05) is 23.1 Å². The van der Waals surface area contributed by atoms with Gasteiger partial charge >= 0.3 is 0 Å². The van der Waals surface area contributed by atoms with Crippen molar-refractivity contribution in [3.63, 3.8) is 0 Å².